The Morgan fingerprint density at radius 1 is 1.22 bits per heavy atom. The van der Waals surface area contributed by atoms with Crippen LogP contribution in [0.15, 0.2) is 24.3 Å². The van der Waals surface area contributed by atoms with Gasteiger partial charge < -0.3 is 14.8 Å². The molecule has 0 bridgehead atoms. The fourth-order valence-electron chi connectivity index (χ4n) is 4.46. The summed E-state index contributed by atoms with van der Waals surface area (Å²) in [5.41, 5.74) is 0.215. The van der Waals surface area contributed by atoms with Crippen molar-refractivity contribution in [3.05, 3.63) is 29.8 Å². The van der Waals surface area contributed by atoms with Crippen LogP contribution >= 0.6 is 0 Å². The van der Waals surface area contributed by atoms with Crippen molar-refractivity contribution in [1.82, 2.24) is 10.2 Å². The molecule has 1 N–H and O–H groups in total. The van der Waals surface area contributed by atoms with Gasteiger partial charge in [0, 0.05) is 12.1 Å². The molecule has 1 aromatic carbocycles. The Morgan fingerprint density at radius 2 is 1.89 bits per heavy atom. The zero-order chi connectivity index (χ0) is 19.6. The van der Waals surface area contributed by atoms with Crippen LogP contribution in [0.5, 0.6) is 5.75 Å². The van der Waals surface area contributed by atoms with Crippen LogP contribution in [0.4, 0.5) is 0 Å². The van der Waals surface area contributed by atoms with Crippen molar-refractivity contribution < 1.29 is 19.1 Å². The number of benzene rings is 1. The fraction of sp³-hybridized carbons (Fsp3) is 0.619. The maximum atomic E-state index is 13.1. The first-order valence-electron chi connectivity index (χ1n) is 9.72. The van der Waals surface area contributed by atoms with E-state index in [0.29, 0.717) is 12.8 Å². The fourth-order valence-corrected chi connectivity index (χ4v) is 4.46. The first-order chi connectivity index (χ1) is 13.0. The maximum absolute atomic E-state index is 13.1. The van der Waals surface area contributed by atoms with Crippen LogP contribution in [0.3, 0.4) is 0 Å². The number of likely N-dealkylation sites (tertiary alicyclic amines) is 1. The van der Waals surface area contributed by atoms with E-state index >= 15 is 0 Å². The predicted molar refractivity (Wildman–Crippen MR) is 102 cm³/mol. The topological polar surface area (TPSA) is 67.9 Å². The number of hydrogen-bond donors (Lipinski definition) is 1. The quantitative estimate of drug-likeness (QED) is 0.776. The summed E-state index contributed by atoms with van der Waals surface area (Å²) in [6, 6.07) is 7.84. The van der Waals surface area contributed by atoms with E-state index in [2.05, 4.69) is 5.32 Å². The van der Waals surface area contributed by atoms with E-state index in [-0.39, 0.29) is 29.9 Å². The van der Waals surface area contributed by atoms with Gasteiger partial charge in [-0.15, -0.1) is 0 Å². The van der Waals surface area contributed by atoms with Gasteiger partial charge in [-0.2, -0.15) is 0 Å². The lowest BCUT2D eigenvalue weighted by atomic mass is 9.86. The third kappa shape index (κ3) is 3.43. The number of likely N-dealkylation sites (N-methyl/N-ethyl adjacent to an activating group) is 1. The minimum absolute atomic E-state index is 0.0339. The summed E-state index contributed by atoms with van der Waals surface area (Å²) in [6.45, 7) is 1.98. The predicted octanol–water partition coefficient (Wildman–Crippen LogP) is 2.68. The summed E-state index contributed by atoms with van der Waals surface area (Å²) in [7, 11) is 4.97. The van der Waals surface area contributed by atoms with E-state index in [1.54, 1.807) is 7.11 Å². The van der Waals surface area contributed by atoms with Gasteiger partial charge in [-0.1, -0.05) is 19.1 Å². The van der Waals surface area contributed by atoms with E-state index in [0.717, 1.165) is 24.2 Å². The Kier molecular flexibility index (Phi) is 5.75. The van der Waals surface area contributed by atoms with Crippen molar-refractivity contribution in [2.24, 2.45) is 5.92 Å². The van der Waals surface area contributed by atoms with Gasteiger partial charge in [0.1, 0.15) is 11.3 Å². The van der Waals surface area contributed by atoms with Gasteiger partial charge in [-0.25, -0.2) is 0 Å². The lowest BCUT2D eigenvalue weighted by Gasteiger charge is -2.35. The highest BCUT2D eigenvalue weighted by molar-refractivity contribution is 5.86. The first kappa shape index (κ1) is 19.7. The number of rotatable bonds is 6. The summed E-state index contributed by atoms with van der Waals surface area (Å²) < 4.78 is 10.4. The highest BCUT2D eigenvalue weighted by atomic mass is 16.5. The Labute approximate surface area is 161 Å². The molecule has 1 aliphatic heterocycles. The summed E-state index contributed by atoms with van der Waals surface area (Å²) in [5, 5.41) is 3.18. The summed E-state index contributed by atoms with van der Waals surface area (Å²) in [4.78, 5) is 27.8. The van der Waals surface area contributed by atoms with E-state index < -0.39 is 5.54 Å². The van der Waals surface area contributed by atoms with Gasteiger partial charge in [0.25, 0.3) is 0 Å². The highest BCUT2D eigenvalue weighted by Gasteiger charge is 2.56. The molecule has 6 heteroatoms. The van der Waals surface area contributed by atoms with Crippen LogP contribution < -0.4 is 10.1 Å². The van der Waals surface area contributed by atoms with Crippen LogP contribution in [-0.2, 0) is 14.3 Å². The number of hydrogen-bond acceptors (Lipinski definition) is 5. The molecule has 1 amide bonds. The minimum atomic E-state index is -0.791. The Hall–Kier alpha value is -2.08. The van der Waals surface area contributed by atoms with Gasteiger partial charge in [-0.3, -0.25) is 14.5 Å². The van der Waals surface area contributed by atoms with Gasteiger partial charge in [0.15, 0.2) is 0 Å². The number of esters is 1. The van der Waals surface area contributed by atoms with Crippen LogP contribution in [0.2, 0.25) is 0 Å². The van der Waals surface area contributed by atoms with Crippen LogP contribution in [0.1, 0.15) is 50.6 Å². The first-order valence-corrected chi connectivity index (χ1v) is 9.72. The van der Waals surface area contributed by atoms with Gasteiger partial charge in [-0.05, 0) is 56.8 Å². The molecule has 0 radical (unpaired) electrons. The van der Waals surface area contributed by atoms with Gasteiger partial charge >= 0.3 is 5.97 Å². The SMILES string of the molecule is CC[C@@]1(C(=O)OC)C[C@H](C(=O)NC2CCC2)[C@H](c2ccc(OC)cc2)N1C. The Balaban J connectivity index is 1.95. The lowest BCUT2D eigenvalue weighted by molar-refractivity contribution is -0.153. The van der Waals surface area contributed by atoms with Crippen molar-refractivity contribution in [3.63, 3.8) is 0 Å². The second-order valence-electron chi connectivity index (χ2n) is 7.65. The number of nitrogens with zero attached hydrogens (tertiary/aromatic N) is 1. The number of carbonyl (C=O) groups excluding carboxylic acids is 2. The molecule has 6 nitrogen and oxygen atoms in total. The number of ether oxygens (including phenoxy) is 2. The van der Waals surface area contributed by atoms with Crippen LogP contribution in [0, 0.1) is 5.92 Å². The van der Waals surface area contributed by atoms with E-state index in [4.69, 9.17) is 9.47 Å². The molecule has 1 aliphatic carbocycles. The lowest BCUT2D eigenvalue weighted by Crippen LogP contribution is -2.49. The summed E-state index contributed by atoms with van der Waals surface area (Å²) in [6.07, 6.45) is 4.30. The zero-order valence-electron chi connectivity index (χ0n) is 16.7. The van der Waals surface area contributed by atoms with Crippen molar-refractivity contribution in [1.29, 1.82) is 0 Å². The monoisotopic (exact) mass is 374 g/mol. The largest absolute Gasteiger partial charge is 0.497 e. The third-order valence-electron chi connectivity index (χ3n) is 6.43. The Morgan fingerprint density at radius 3 is 2.37 bits per heavy atom. The molecule has 1 saturated heterocycles. The van der Waals surface area contributed by atoms with E-state index in [1.807, 2.05) is 43.1 Å². The second-order valence-corrected chi connectivity index (χ2v) is 7.65. The molecule has 1 aromatic rings. The molecule has 0 aromatic heterocycles. The summed E-state index contributed by atoms with van der Waals surface area (Å²) in [5.74, 6) is 0.226. The molecule has 0 spiro atoms. The van der Waals surface area contributed by atoms with Crippen LogP contribution in [0.25, 0.3) is 0 Å². The minimum Gasteiger partial charge on any atom is -0.497 e. The summed E-state index contributed by atoms with van der Waals surface area (Å²) >= 11 is 0. The van der Waals surface area contributed by atoms with Crippen molar-refractivity contribution in [3.8, 4) is 5.75 Å². The van der Waals surface area contributed by atoms with Gasteiger partial charge in [0.05, 0.1) is 20.1 Å². The molecule has 3 rings (SSSR count). The maximum Gasteiger partial charge on any atom is 0.326 e. The molecular formula is C21H30N2O4. The number of carbonyl (C=O) groups is 2. The molecular weight excluding hydrogens is 344 g/mol. The average Bonchev–Trinajstić information content (AvgIpc) is 2.97. The molecule has 148 valence electrons. The highest BCUT2D eigenvalue weighted by Crippen LogP contribution is 2.48. The molecule has 3 atom stereocenters. The molecule has 0 unspecified atom stereocenters. The van der Waals surface area contributed by atoms with Crippen molar-refractivity contribution in [2.75, 3.05) is 21.3 Å². The second kappa shape index (κ2) is 7.89. The normalized spacial score (nSPS) is 28.4. The standard InChI is InChI=1S/C21H30N2O4/c1-5-21(20(25)27-4)13-17(19(24)22-15-7-6-8-15)18(23(21)2)14-9-11-16(26-3)12-10-14/h9-12,15,17-18H,5-8,13H2,1-4H3,(H,22,24)/t17-,18-,21-/m0/s1. The molecule has 1 heterocycles. The molecule has 1 saturated carbocycles. The van der Waals surface area contributed by atoms with E-state index in [1.165, 1.54) is 13.5 Å². The molecule has 2 aliphatic rings. The molecule has 27 heavy (non-hydrogen) atoms. The molecule has 2 fully saturated rings. The van der Waals surface area contributed by atoms with Gasteiger partial charge in [0.2, 0.25) is 5.91 Å². The van der Waals surface area contributed by atoms with Crippen molar-refractivity contribution >= 4 is 11.9 Å². The van der Waals surface area contributed by atoms with E-state index in [9.17, 15) is 9.59 Å². The van der Waals surface area contributed by atoms with Crippen molar-refractivity contribution in [2.45, 2.75) is 56.7 Å². The average molecular weight is 374 g/mol. The number of methoxy groups -OCH3 is 2. The smallest absolute Gasteiger partial charge is 0.326 e. The third-order valence-corrected chi connectivity index (χ3v) is 6.43. The number of nitrogens with one attached hydrogen (secondary N) is 1. The number of amides is 1. The van der Waals surface area contributed by atoms with Crippen LogP contribution in [-0.4, -0.2) is 49.6 Å². The zero-order valence-corrected chi connectivity index (χ0v) is 16.7. The Bertz CT molecular complexity index is 686.